The summed E-state index contributed by atoms with van der Waals surface area (Å²) in [7, 11) is 0. The zero-order chi connectivity index (χ0) is 19.2. The van der Waals surface area contributed by atoms with Crippen molar-refractivity contribution < 1.29 is 9.53 Å². The second-order valence-corrected chi connectivity index (χ2v) is 7.10. The molecular weight excluding hydrogens is 362 g/mol. The van der Waals surface area contributed by atoms with E-state index >= 15 is 0 Å². The van der Waals surface area contributed by atoms with Gasteiger partial charge in [0.1, 0.15) is 18.2 Å². The number of halogens is 1. The lowest BCUT2D eigenvalue weighted by Gasteiger charge is -2.12. The second-order valence-electron chi connectivity index (χ2n) is 6.67. The first-order chi connectivity index (χ1) is 13.0. The number of nitrogens with zero attached hydrogens (tertiary/aromatic N) is 2. The summed E-state index contributed by atoms with van der Waals surface area (Å²) in [6.45, 7) is 5.54. The number of amides is 1. The Hall–Kier alpha value is -2.53. The zero-order valence-corrected chi connectivity index (χ0v) is 16.4. The van der Waals surface area contributed by atoms with Gasteiger partial charge in [-0.1, -0.05) is 37.6 Å². The molecule has 0 saturated heterocycles. The number of hydrogen-bond donors (Lipinski definition) is 1. The summed E-state index contributed by atoms with van der Waals surface area (Å²) >= 11 is 5.91. The average Bonchev–Trinajstić information content (AvgIpc) is 3.01. The topological polar surface area (TPSA) is 56.2 Å². The van der Waals surface area contributed by atoms with Crippen LogP contribution in [0.3, 0.4) is 0 Å². The van der Waals surface area contributed by atoms with E-state index in [-0.39, 0.29) is 11.8 Å². The highest BCUT2D eigenvalue weighted by molar-refractivity contribution is 6.30. The number of para-hydroxylation sites is 2. The molecule has 0 fully saturated rings. The predicted octanol–water partition coefficient (Wildman–Crippen LogP) is 4.08. The molecule has 0 saturated carbocycles. The Labute approximate surface area is 164 Å². The van der Waals surface area contributed by atoms with Crippen LogP contribution in [-0.2, 0) is 17.8 Å². The van der Waals surface area contributed by atoms with Crippen LogP contribution in [0.2, 0.25) is 5.02 Å². The molecule has 1 N–H and O–H groups in total. The van der Waals surface area contributed by atoms with Gasteiger partial charge in [-0.2, -0.15) is 0 Å². The Bertz CT molecular complexity index is 903. The number of imidazole rings is 1. The van der Waals surface area contributed by atoms with E-state index in [0.717, 1.165) is 22.6 Å². The van der Waals surface area contributed by atoms with E-state index in [1.54, 1.807) is 0 Å². The van der Waals surface area contributed by atoms with E-state index in [1.807, 2.05) is 56.3 Å². The van der Waals surface area contributed by atoms with E-state index in [4.69, 9.17) is 21.3 Å². The standard InChI is InChI=1S/C21H24ClN3O2/c1-15(2)21(26)23-12-11-20-24-18-5-3-4-6-19(18)25(20)13-14-27-17-9-7-16(22)8-10-17/h3-10,15H,11-14H2,1-2H3,(H,23,26). The van der Waals surface area contributed by atoms with Gasteiger partial charge in [0, 0.05) is 23.9 Å². The lowest BCUT2D eigenvalue weighted by molar-refractivity contribution is -0.123. The molecule has 0 unspecified atom stereocenters. The highest BCUT2D eigenvalue weighted by Gasteiger charge is 2.12. The minimum Gasteiger partial charge on any atom is -0.492 e. The largest absolute Gasteiger partial charge is 0.492 e. The molecule has 5 nitrogen and oxygen atoms in total. The third-order valence-electron chi connectivity index (χ3n) is 4.30. The Kier molecular flexibility index (Phi) is 6.35. The van der Waals surface area contributed by atoms with Gasteiger partial charge in [-0.3, -0.25) is 4.79 Å². The maximum absolute atomic E-state index is 11.8. The molecule has 3 rings (SSSR count). The fraction of sp³-hybridized carbons (Fsp3) is 0.333. The number of fused-ring (bicyclic) bond motifs is 1. The number of carbonyl (C=O) groups excluding carboxylic acids is 1. The summed E-state index contributed by atoms with van der Waals surface area (Å²) in [6, 6.07) is 15.4. The number of ether oxygens (including phenoxy) is 1. The molecule has 3 aromatic rings. The molecule has 6 heteroatoms. The van der Waals surface area contributed by atoms with Gasteiger partial charge in [0.2, 0.25) is 5.91 Å². The highest BCUT2D eigenvalue weighted by Crippen LogP contribution is 2.18. The molecule has 1 aromatic heterocycles. The van der Waals surface area contributed by atoms with Gasteiger partial charge in [-0.05, 0) is 36.4 Å². The molecule has 27 heavy (non-hydrogen) atoms. The molecule has 0 aliphatic heterocycles. The van der Waals surface area contributed by atoms with Crippen molar-refractivity contribution in [3.05, 3.63) is 59.4 Å². The number of nitrogens with one attached hydrogen (secondary N) is 1. The Balaban J connectivity index is 1.68. The van der Waals surface area contributed by atoms with E-state index in [2.05, 4.69) is 16.0 Å². The van der Waals surface area contributed by atoms with E-state index in [0.29, 0.717) is 31.1 Å². The van der Waals surface area contributed by atoms with Crippen molar-refractivity contribution in [2.45, 2.75) is 26.8 Å². The van der Waals surface area contributed by atoms with Gasteiger partial charge in [0.15, 0.2) is 0 Å². The first kappa shape index (κ1) is 19.2. The maximum atomic E-state index is 11.8. The van der Waals surface area contributed by atoms with Crippen molar-refractivity contribution in [2.75, 3.05) is 13.2 Å². The lowest BCUT2D eigenvalue weighted by Crippen LogP contribution is -2.30. The summed E-state index contributed by atoms with van der Waals surface area (Å²) in [6.07, 6.45) is 0.675. The first-order valence-electron chi connectivity index (χ1n) is 9.15. The van der Waals surface area contributed by atoms with E-state index in [9.17, 15) is 4.79 Å². The van der Waals surface area contributed by atoms with Gasteiger partial charge < -0.3 is 14.6 Å². The number of benzene rings is 2. The minimum atomic E-state index is -0.0170. The molecule has 0 radical (unpaired) electrons. The van der Waals surface area contributed by atoms with Gasteiger partial charge in [-0.25, -0.2) is 4.98 Å². The Morgan fingerprint density at radius 1 is 1.19 bits per heavy atom. The maximum Gasteiger partial charge on any atom is 0.222 e. The van der Waals surface area contributed by atoms with Gasteiger partial charge in [-0.15, -0.1) is 0 Å². The van der Waals surface area contributed by atoms with Crippen LogP contribution in [0.4, 0.5) is 0 Å². The van der Waals surface area contributed by atoms with E-state index < -0.39 is 0 Å². The molecule has 142 valence electrons. The quantitative estimate of drug-likeness (QED) is 0.635. The SMILES string of the molecule is CC(C)C(=O)NCCc1nc2ccccc2n1CCOc1ccc(Cl)cc1. The van der Waals surface area contributed by atoms with Gasteiger partial charge in [0.25, 0.3) is 0 Å². The summed E-state index contributed by atoms with van der Waals surface area (Å²) < 4.78 is 7.99. The Morgan fingerprint density at radius 3 is 2.67 bits per heavy atom. The fourth-order valence-electron chi connectivity index (χ4n) is 2.85. The number of carbonyl (C=O) groups is 1. The number of hydrogen-bond acceptors (Lipinski definition) is 3. The third-order valence-corrected chi connectivity index (χ3v) is 4.56. The smallest absolute Gasteiger partial charge is 0.222 e. The van der Waals surface area contributed by atoms with Crippen molar-refractivity contribution in [2.24, 2.45) is 5.92 Å². The van der Waals surface area contributed by atoms with Crippen LogP contribution in [0.5, 0.6) is 5.75 Å². The van der Waals surface area contributed by atoms with Crippen molar-refractivity contribution in [3.63, 3.8) is 0 Å². The summed E-state index contributed by atoms with van der Waals surface area (Å²) in [5, 5.41) is 3.64. The molecule has 1 heterocycles. The average molecular weight is 386 g/mol. The summed E-state index contributed by atoms with van der Waals surface area (Å²) in [5.74, 6) is 1.77. The molecule has 0 aliphatic carbocycles. The fourth-order valence-corrected chi connectivity index (χ4v) is 2.98. The lowest BCUT2D eigenvalue weighted by atomic mass is 10.2. The van der Waals surface area contributed by atoms with E-state index in [1.165, 1.54) is 0 Å². The van der Waals surface area contributed by atoms with Crippen molar-refractivity contribution in [3.8, 4) is 5.75 Å². The molecule has 0 aliphatic rings. The van der Waals surface area contributed by atoms with Gasteiger partial charge in [0.05, 0.1) is 17.6 Å². The molecule has 2 aromatic carbocycles. The van der Waals surface area contributed by atoms with Crippen LogP contribution in [0.1, 0.15) is 19.7 Å². The molecular formula is C21H24ClN3O2. The molecule has 0 atom stereocenters. The van der Waals surface area contributed by atoms with Crippen LogP contribution < -0.4 is 10.1 Å². The zero-order valence-electron chi connectivity index (χ0n) is 15.6. The highest BCUT2D eigenvalue weighted by atomic mass is 35.5. The minimum absolute atomic E-state index is 0.0170. The summed E-state index contributed by atoms with van der Waals surface area (Å²) in [4.78, 5) is 16.5. The van der Waals surface area contributed by atoms with Crippen LogP contribution in [0, 0.1) is 5.92 Å². The second kappa shape index (κ2) is 8.91. The molecule has 1 amide bonds. The monoisotopic (exact) mass is 385 g/mol. The van der Waals surface area contributed by atoms with Gasteiger partial charge >= 0.3 is 0 Å². The number of rotatable bonds is 8. The molecule has 0 spiro atoms. The van der Waals surface area contributed by atoms with Crippen LogP contribution in [0.25, 0.3) is 11.0 Å². The third kappa shape index (κ3) is 5.01. The molecule has 0 bridgehead atoms. The van der Waals surface area contributed by atoms with Crippen molar-refractivity contribution in [1.82, 2.24) is 14.9 Å². The predicted molar refractivity (Wildman–Crippen MR) is 108 cm³/mol. The van der Waals surface area contributed by atoms with Crippen LogP contribution in [0.15, 0.2) is 48.5 Å². The van der Waals surface area contributed by atoms with Crippen molar-refractivity contribution in [1.29, 1.82) is 0 Å². The first-order valence-corrected chi connectivity index (χ1v) is 9.52. The summed E-state index contributed by atoms with van der Waals surface area (Å²) in [5.41, 5.74) is 2.02. The van der Waals surface area contributed by atoms with Crippen LogP contribution >= 0.6 is 11.6 Å². The number of aromatic nitrogens is 2. The Morgan fingerprint density at radius 2 is 1.93 bits per heavy atom. The van der Waals surface area contributed by atoms with Crippen LogP contribution in [-0.4, -0.2) is 28.6 Å². The van der Waals surface area contributed by atoms with Crippen molar-refractivity contribution >= 4 is 28.5 Å². The normalized spacial score (nSPS) is 11.1.